The average Bonchev–Trinajstić information content (AvgIpc) is 2.82. The molecule has 0 saturated carbocycles. The van der Waals surface area contributed by atoms with Crippen LogP contribution in [0.3, 0.4) is 0 Å². The average molecular weight is 300 g/mol. The van der Waals surface area contributed by atoms with Crippen LogP contribution in [0.25, 0.3) is 0 Å². The molecule has 1 heterocycles. The molecule has 0 bridgehead atoms. The van der Waals surface area contributed by atoms with Crippen LogP contribution in [0.4, 0.5) is 0 Å². The first-order valence-corrected chi connectivity index (χ1v) is 7.38. The van der Waals surface area contributed by atoms with E-state index in [4.69, 9.17) is 11.6 Å². The van der Waals surface area contributed by atoms with Crippen molar-refractivity contribution in [1.29, 1.82) is 0 Å². The molecule has 1 amide bonds. The van der Waals surface area contributed by atoms with Gasteiger partial charge in [0.2, 0.25) is 0 Å². The van der Waals surface area contributed by atoms with Gasteiger partial charge in [-0.15, -0.1) is 0 Å². The minimum atomic E-state index is -1.16. The number of aliphatic carboxylic acids is 1. The first-order valence-electron chi connectivity index (χ1n) is 5.85. The predicted molar refractivity (Wildman–Crippen MR) is 76.0 cm³/mol. The van der Waals surface area contributed by atoms with Crippen molar-refractivity contribution in [2.45, 2.75) is 18.9 Å². The molecule has 6 heteroatoms. The summed E-state index contributed by atoms with van der Waals surface area (Å²) in [5.74, 6) is -0.232. The standard InChI is InChI=1S/C13H14ClNO3S/c1-8-9(3-2-4-10(8)14)11(16)15-13(12(17)18)5-6-19-7-13/h2-4H,5-7H2,1H3,(H,15,16)(H,17,18). The van der Waals surface area contributed by atoms with E-state index in [1.807, 2.05) is 0 Å². The Morgan fingerprint density at radius 2 is 2.21 bits per heavy atom. The molecule has 2 rings (SSSR count). The van der Waals surface area contributed by atoms with Crippen molar-refractivity contribution in [2.24, 2.45) is 0 Å². The van der Waals surface area contributed by atoms with E-state index in [0.717, 1.165) is 5.75 Å². The fourth-order valence-corrected chi connectivity index (χ4v) is 3.52. The van der Waals surface area contributed by atoms with E-state index in [1.54, 1.807) is 25.1 Å². The fourth-order valence-electron chi connectivity index (χ4n) is 2.02. The van der Waals surface area contributed by atoms with Crippen LogP contribution in [0.2, 0.25) is 5.02 Å². The number of halogens is 1. The lowest BCUT2D eigenvalue weighted by atomic mass is 9.98. The Labute approximate surface area is 120 Å². The summed E-state index contributed by atoms with van der Waals surface area (Å²) in [6.45, 7) is 1.74. The van der Waals surface area contributed by atoms with E-state index in [0.29, 0.717) is 28.3 Å². The second-order valence-electron chi connectivity index (χ2n) is 4.56. The van der Waals surface area contributed by atoms with Gasteiger partial charge in [0, 0.05) is 16.3 Å². The van der Waals surface area contributed by atoms with E-state index >= 15 is 0 Å². The van der Waals surface area contributed by atoms with E-state index in [1.165, 1.54) is 11.8 Å². The number of carbonyl (C=O) groups is 2. The molecule has 0 spiro atoms. The SMILES string of the molecule is Cc1c(Cl)cccc1C(=O)NC1(C(=O)O)CCSC1. The maximum absolute atomic E-state index is 12.2. The monoisotopic (exact) mass is 299 g/mol. The summed E-state index contributed by atoms with van der Waals surface area (Å²) < 4.78 is 0. The summed E-state index contributed by atoms with van der Waals surface area (Å²) >= 11 is 7.50. The molecule has 1 atom stereocenters. The molecule has 1 unspecified atom stereocenters. The molecular weight excluding hydrogens is 286 g/mol. The molecule has 19 heavy (non-hydrogen) atoms. The quantitative estimate of drug-likeness (QED) is 0.899. The first kappa shape index (κ1) is 14.2. The highest BCUT2D eigenvalue weighted by molar-refractivity contribution is 7.99. The van der Waals surface area contributed by atoms with Gasteiger partial charge >= 0.3 is 5.97 Å². The van der Waals surface area contributed by atoms with Crippen molar-refractivity contribution >= 4 is 35.2 Å². The predicted octanol–water partition coefficient (Wildman–Crippen LogP) is 2.34. The Bertz CT molecular complexity index is 527. The Morgan fingerprint density at radius 3 is 2.79 bits per heavy atom. The number of carboxylic acids is 1. The highest BCUT2D eigenvalue weighted by Gasteiger charge is 2.43. The van der Waals surface area contributed by atoms with Crippen LogP contribution in [-0.2, 0) is 4.79 Å². The Morgan fingerprint density at radius 1 is 1.47 bits per heavy atom. The van der Waals surface area contributed by atoms with Crippen LogP contribution < -0.4 is 5.32 Å². The summed E-state index contributed by atoms with van der Waals surface area (Å²) in [5, 5.41) is 12.5. The van der Waals surface area contributed by atoms with Crippen molar-refractivity contribution < 1.29 is 14.7 Å². The van der Waals surface area contributed by atoms with E-state index in [-0.39, 0.29) is 5.91 Å². The van der Waals surface area contributed by atoms with Crippen LogP contribution in [-0.4, -0.2) is 34.0 Å². The second kappa shape index (κ2) is 5.43. The lowest BCUT2D eigenvalue weighted by Gasteiger charge is -2.25. The molecule has 0 aromatic heterocycles. The minimum absolute atomic E-state index is 0.384. The Kier molecular flexibility index (Phi) is 4.06. The molecule has 1 aromatic rings. The maximum Gasteiger partial charge on any atom is 0.330 e. The smallest absolute Gasteiger partial charge is 0.330 e. The molecule has 1 saturated heterocycles. The molecule has 102 valence electrons. The molecule has 4 nitrogen and oxygen atoms in total. The number of thioether (sulfide) groups is 1. The topological polar surface area (TPSA) is 66.4 Å². The maximum atomic E-state index is 12.2. The van der Waals surface area contributed by atoms with E-state index < -0.39 is 11.5 Å². The van der Waals surface area contributed by atoms with Crippen LogP contribution in [0, 0.1) is 6.92 Å². The Balaban J connectivity index is 2.25. The molecular formula is C13H14ClNO3S. The summed E-state index contributed by atoms with van der Waals surface area (Å²) in [6, 6.07) is 5.03. The van der Waals surface area contributed by atoms with Gasteiger partial charge in [0.05, 0.1) is 0 Å². The van der Waals surface area contributed by atoms with Gasteiger partial charge in [-0.25, -0.2) is 4.79 Å². The van der Waals surface area contributed by atoms with Crippen LogP contribution in [0.15, 0.2) is 18.2 Å². The summed E-state index contributed by atoms with van der Waals surface area (Å²) in [5.41, 5.74) is -0.0749. The summed E-state index contributed by atoms with van der Waals surface area (Å²) in [7, 11) is 0. The number of nitrogens with one attached hydrogen (secondary N) is 1. The van der Waals surface area contributed by atoms with Gasteiger partial charge in [0.25, 0.3) is 5.91 Å². The largest absolute Gasteiger partial charge is 0.479 e. The molecule has 1 aromatic carbocycles. The molecule has 0 aliphatic carbocycles. The molecule has 1 fully saturated rings. The lowest BCUT2D eigenvalue weighted by Crippen LogP contribution is -2.54. The zero-order valence-corrected chi connectivity index (χ0v) is 12.0. The van der Waals surface area contributed by atoms with Crippen molar-refractivity contribution in [2.75, 3.05) is 11.5 Å². The first-order chi connectivity index (χ1) is 8.96. The number of carboxylic acid groups (broad SMARTS) is 1. The van der Waals surface area contributed by atoms with Gasteiger partial charge in [-0.2, -0.15) is 11.8 Å². The van der Waals surface area contributed by atoms with Crippen molar-refractivity contribution in [3.05, 3.63) is 34.3 Å². The van der Waals surface area contributed by atoms with Crippen LogP contribution in [0.5, 0.6) is 0 Å². The number of benzene rings is 1. The van der Waals surface area contributed by atoms with Crippen molar-refractivity contribution in [3.8, 4) is 0 Å². The lowest BCUT2D eigenvalue weighted by molar-refractivity contribution is -0.143. The van der Waals surface area contributed by atoms with Gasteiger partial charge in [0.15, 0.2) is 0 Å². The molecule has 1 aliphatic rings. The molecule has 0 radical (unpaired) electrons. The van der Waals surface area contributed by atoms with Gasteiger partial charge in [-0.05, 0) is 36.8 Å². The number of hydrogen-bond donors (Lipinski definition) is 2. The van der Waals surface area contributed by atoms with Crippen LogP contribution >= 0.6 is 23.4 Å². The number of rotatable bonds is 3. The highest BCUT2D eigenvalue weighted by Crippen LogP contribution is 2.29. The van der Waals surface area contributed by atoms with Crippen LogP contribution in [0.1, 0.15) is 22.3 Å². The molecule has 1 aliphatic heterocycles. The van der Waals surface area contributed by atoms with Gasteiger partial charge in [0.1, 0.15) is 5.54 Å². The normalized spacial score (nSPS) is 22.2. The number of amides is 1. The minimum Gasteiger partial charge on any atom is -0.479 e. The second-order valence-corrected chi connectivity index (χ2v) is 6.07. The number of carbonyl (C=O) groups excluding carboxylic acids is 1. The zero-order chi connectivity index (χ0) is 14.0. The summed E-state index contributed by atoms with van der Waals surface area (Å²) in [6.07, 6.45) is 0.443. The third kappa shape index (κ3) is 2.72. The van der Waals surface area contributed by atoms with Crippen molar-refractivity contribution in [3.63, 3.8) is 0 Å². The van der Waals surface area contributed by atoms with E-state index in [2.05, 4.69) is 5.32 Å². The fraction of sp³-hybridized carbons (Fsp3) is 0.385. The van der Waals surface area contributed by atoms with Gasteiger partial charge in [-0.1, -0.05) is 17.7 Å². The van der Waals surface area contributed by atoms with E-state index in [9.17, 15) is 14.7 Å². The van der Waals surface area contributed by atoms with Gasteiger partial charge < -0.3 is 10.4 Å². The third-order valence-corrected chi connectivity index (χ3v) is 4.90. The van der Waals surface area contributed by atoms with Gasteiger partial charge in [-0.3, -0.25) is 4.79 Å². The third-order valence-electron chi connectivity index (χ3n) is 3.30. The molecule has 2 N–H and O–H groups in total. The summed E-state index contributed by atoms with van der Waals surface area (Å²) in [4.78, 5) is 23.6. The zero-order valence-electron chi connectivity index (χ0n) is 10.4. The highest BCUT2D eigenvalue weighted by atomic mass is 35.5. The number of hydrogen-bond acceptors (Lipinski definition) is 3. The Hall–Kier alpha value is -1.20. The van der Waals surface area contributed by atoms with Crippen molar-refractivity contribution in [1.82, 2.24) is 5.32 Å².